The summed E-state index contributed by atoms with van der Waals surface area (Å²) in [6.45, 7) is 0. The summed E-state index contributed by atoms with van der Waals surface area (Å²) in [7, 11) is -3.06. The molecule has 8 aromatic rings. The summed E-state index contributed by atoms with van der Waals surface area (Å²) < 4.78 is 17.8. The van der Waals surface area contributed by atoms with Gasteiger partial charge < -0.3 is 9.13 Å². The smallest absolute Gasteiger partial charge is 0.172 e. The molecule has 0 saturated carbocycles. The molecule has 3 heteroatoms. The number of hydrogen-bond donors (Lipinski definition) is 0. The van der Waals surface area contributed by atoms with Gasteiger partial charge in [0.05, 0.1) is 16.7 Å². The predicted octanol–water partition coefficient (Wildman–Crippen LogP) is 8.71. The fraction of sp³-hybridized carbons (Fsp3) is 0. The molecule has 1 aromatic heterocycles. The molecule has 0 spiro atoms. The van der Waals surface area contributed by atoms with Gasteiger partial charge in [0.15, 0.2) is 7.14 Å². The fourth-order valence-electron chi connectivity index (χ4n) is 7.05. The van der Waals surface area contributed by atoms with Crippen molar-refractivity contribution in [3.8, 4) is 16.8 Å². The fourth-order valence-corrected chi connectivity index (χ4v) is 10.1. The van der Waals surface area contributed by atoms with Crippen molar-refractivity contribution in [2.75, 3.05) is 0 Å². The minimum absolute atomic E-state index is 0.879. The van der Waals surface area contributed by atoms with Crippen LogP contribution in [0.1, 0.15) is 0 Å². The van der Waals surface area contributed by atoms with Crippen LogP contribution in [0.2, 0.25) is 0 Å². The van der Waals surface area contributed by atoms with E-state index in [0.717, 1.165) is 43.8 Å². The van der Waals surface area contributed by atoms with Crippen molar-refractivity contribution in [3.63, 3.8) is 0 Å². The molecule has 1 aliphatic heterocycles. The van der Waals surface area contributed by atoms with Gasteiger partial charge in [-0.2, -0.15) is 0 Å². The largest absolute Gasteiger partial charge is 0.309 e. The lowest BCUT2D eigenvalue weighted by Crippen LogP contribution is -2.20. The molecule has 7 aromatic carbocycles. The summed E-state index contributed by atoms with van der Waals surface area (Å²) in [5.41, 5.74) is 5.55. The highest BCUT2D eigenvalue weighted by molar-refractivity contribution is 7.86. The number of hydrogen-bond acceptors (Lipinski definition) is 1. The highest BCUT2D eigenvalue weighted by Crippen LogP contribution is 2.55. The number of rotatable bonds is 2. The quantitative estimate of drug-likeness (QED) is 0.158. The molecule has 0 amide bonds. The molecule has 1 aliphatic rings. The Bertz CT molecular complexity index is 2400. The first-order valence-electron chi connectivity index (χ1n) is 14.0. The van der Waals surface area contributed by atoms with Gasteiger partial charge in [0.1, 0.15) is 0 Å². The zero-order chi connectivity index (χ0) is 27.1. The van der Waals surface area contributed by atoms with E-state index < -0.39 is 7.14 Å². The molecule has 1 unspecified atom stereocenters. The molecule has 0 aliphatic carbocycles. The molecule has 41 heavy (non-hydrogen) atoms. The van der Waals surface area contributed by atoms with Crippen molar-refractivity contribution in [1.82, 2.24) is 4.57 Å². The van der Waals surface area contributed by atoms with Crippen molar-refractivity contribution in [3.05, 3.63) is 146 Å². The second kappa shape index (κ2) is 8.30. The zero-order valence-corrected chi connectivity index (χ0v) is 23.1. The Balaban J connectivity index is 1.52. The lowest BCUT2D eigenvalue weighted by molar-refractivity contribution is 0.593. The van der Waals surface area contributed by atoms with Crippen LogP contribution in [-0.4, -0.2) is 4.57 Å². The molecule has 0 bridgehead atoms. The van der Waals surface area contributed by atoms with E-state index in [1.54, 1.807) is 0 Å². The van der Waals surface area contributed by atoms with E-state index >= 15 is 4.57 Å². The van der Waals surface area contributed by atoms with E-state index in [1.807, 2.05) is 36.4 Å². The first kappa shape index (κ1) is 22.9. The molecule has 0 saturated heterocycles. The van der Waals surface area contributed by atoms with Gasteiger partial charge in [-0.15, -0.1) is 0 Å². The summed E-state index contributed by atoms with van der Waals surface area (Å²) in [6, 6.07) is 50.9. The normalized spacial score (nSPS) is 16.0. The Morgan fingerprint density at radius 1 is 0.488 bits per heavy atom. The maximum Gasteiger partial charge on any atom is 0.172 e. The zero-order valence-electron chi connectivity index (χ0n) is 22.2. The molecule has 2 nitrogen and oxygen atoms in total. The van der Waals surface area contributed by atoms with Gasteiger partial charge >= 0.3 is 0 Å². The molecule has 9 rings (SSSR count). The molecule has 1 atom stereocenters. The average Bonchev–Trinajstić information content (AvgIpc) is 3.51. The summed E-state index contributed by atoms with van der Waals surface area (Å²) >= 11 is 0. The maximum absolute atomic E-state index is 15.3. The van der Waals surface area contributed by atoms with E-state index in [9.17, 15) is 0 Å². The molecule has 0 N–H and O–H groups in total. The minimum atomic E-state index is -3.06. The number of benzene rings is 7. The molecular formula is C38H24NOP. The van der Waals surface area contributed by atoms with E-state index in [2.05, 4.69) is 114 Å². The number of para-hydroxylation sites is 1. The second-order valence-electron chi connectivity index (χ2n) is 10.8. The van der Waals surface area contributed by atoms with Crippen LogP contribution >= 0.6 is 7.14 Å². The topological polar surface area (TPSA) is 22.0 Å². The van der Waals surface area contributed by atoms with Gasteiger partial charge in [-0.05, 0) is 39.9 Å². The highest BCUT2D eigenvalue weighted by atomic mass is 31.2. The molecule has 0 radical (unpaired) electrons. The van der Waals surface area contributed by atoms with Crippen LogP contribution in [0, 0.1) is 0 Å². The van der Waals surface area contributed by atoms with Crippen molar-refractivity contribution >= 4 is 66.4 Å². The lowest BCUT2D eigenvalue weighted by atomic mass is 9.99. The Kier molecular flexibility index (Phi) is 4.63. The predicted molar refractivity (Wildman–Crippen MR) is 174 cm³/mol. The molecule has 0 fully saturated rings. The number of nitrogens with zero attached hydrogens (tertiary/aromatic N) is 1. The van der Waals surface area contributed by atoms with Gasteiger partial charge in [-0.25, -0.2) is 0 Å². The van der Waals surface area contributed by atoms with Crippen LogP contribution in [0.3, 0.4) is 0 Å². The summed E-state index contributed by atoms with van der Waals surface area (Å²) in [6.07, 6.45) is 0. The van der Waals surface area contributed by atoms with Crippen LogP contribution in [0.4, 0.5) is 0 Å². The third-order valence-electron chi connectivity index (χ3n) is 8.77. The molecule has 192 valence electrons. The monoisotopic (exact) mass is 541 g/mol. The first-order chi connectivity index (χ1) is 20.2. The minimum Gasteiger partial charge on any atom is -0.309 e. The molecular weight excluding hydrogens is 517 g/mol. The third-order valence-corrected chi connectivity index (χ3v) is 11.9. The van der Waals surface area contributed by atoms with Gasteiger partial charge in [-0.3, -0.25) is 0 Å². The van der Waals surface area contributed by atoms with Gasteiger partial charge in [0, 0.05) is 37.6 Å². The number of aromatic nitrogens is 1. The molecule has 2 heterocycles. The van der Waals surface area contributed by atoms with Crippen molar-refractivity contribution in [2.45, 2.75) is 0 Å². The second-order valence-corrected chi connectivity index (χ2v) is 13.5. The summed E-state index contributed by atoms with van der Waals surface area (Å²) in [5.74, 6) is 0. The standard InChI is InChI=1S/C38H24NOP/c40-41(26-13-2-1-3-14-26)35-21-11-9-19-32(35)37-36(41)23-22-31-30-18-8-10-20-33(30)39(38(31)37)34-24-25-12-4-5-15-27(25)28-16-6-7-17-29(28)34/h1-24H. The van der Waals surface area contributed by atoms with E-state index in [0.29, 0.717) is 0 Å². The lowest BCUT2D eigenvalue weighted by Gasteiger charge is -2.17. The van der Waals surface area contributed by atoms with Gasteiger partial charge in [-0.1, -0.05) is 127 Å². The van der Waals surface area contributed by atoms with Crippen molar-refractivity contribution in [1.29, 1.82) is 0 Å². The van der Waals surface area contributed by atoms with E-state index in [4.69, 9.17) is 0 Å². The van der Waals surface area contributed by atoms with Crippen LogP contribution in [0.25, 0.3) is 60.2 Å². The Hall–Kier alpha value is -4.91. The summed E-state index contributed by atoms with van der Waals surface area (Å²) in [5, 5.41) is 9.98. The van der Waals surface area contributed by atoms with Crippen molar-refractivity contribution in [2.24, 2.45) is 0 Å². The van der Waals surface area contributed by atoms with Gasteiger partial charge in [0.25, 0.3) is 0 Å². The van der Waals surface area contributed by atoms with Gasteiger partial charge in [0.2, 0.25) is 0 Å². The summed E-state index contributed by atoms with van der Waals surface area (Å²) in [4.78, 5) is 0. The third kappa shape index (κ3) is 2.95. The number of fused-ring (bicyclic) bond motifs is 10. The Morgan fingerprint density at radius 3 is 2.00 bits per heavy atom. The maximum atomic E-state index is 15.3. The average molecular weight is 542 g/mol. The van der Waals surface area contributed by atoms with Crippen LogP contribution < -0.4 is 15.9 Å². The van der Waals surface area contributed by atoms with Crippen LogP contribution in [0.5, 0.6) is 0 Å². The van der Waals surface area contributed by atoms with Crippen molar-refractivity contribution < 1.29 is 4.57 Å². The Labute approximate surface area is 237 Å². The van der Waals surface area contributed by atoms with E-state index in [1.165, 1.54) is 32.3 Å². The Morgan fingerprint density at radius 2 is 1.15 bits per heavy atom. The first-order valence-corrected chi connectivity index (χ1v) is 15.7. The van der Waals surface area contributed by atoms with E-state index in [-0.39, 0.29) is 0 Å². The highest BCUT2D eigenvalue weighted by Gasteiger charge is 2.41. The van der Waals surface area contributed by atoms with Crippen LogP contribution in [0.15, 0.2) is 146 Å². The SMILES string of the molecule is O=P1(c2ccccc2)c2ccccc2-c2c1ccc1c3ccccc3n(-c3cc4ccccc4c4ccccc34)c21. The van der Waals surface area contributed by atoms with Crippen LogP contribution in [-0.2, 0) is 4.57 Å².